The third kappa shape index (κ3) is 6.98. The molecule has 2 heterocycles. The van der Waals surface area contributed by atoms with Crippen molar-refractivity contribution >= 4 is 30.0 Å². The minimum absolute atomic E-state index is 0.0796. The lowest BCUT2D eigenvalue weighted by Crippen LogP contribution is -2.47. The van der Waals surface area contributed by atoms with Crippen molar-refractivity contribution in [3.8, 4) is 0 Å². The number of nitro groups is 1. The van der Waals surface area contributed by atoms with Crippen LogP contribution in [0.5, 0.6) is 0 Å². The van der Waals surface area contributed by atoms with E-state index < -0.39 is 47.5 Å². The topological polar surface area (TPSA) is 146 Å². The summed E-state index contributed by atoms with van der Waals surface area (Å²) in [4.78, 5) is 23.4. The van der Waals surface area contributed by atoms with Gasteiger partial charge in [-0.15, -0.1) is 4.52 Å². The molecule has 0 saturated carbocycles. The molecule has 12 nitrogen and oxygen atoms in total. The Labute approximate surface area is 228 Å². The van der Waals surface area contributed by atoms with Gasteiger partial charge in [0.05, 0.1) is 23.0 Å². The number of amides is 1. The van der Waals surface area contributed by atoms with Crippen molar-refractivity contribution in [3.05, 3.63) is 70.3 Å². The Morgan fingerprint density at radius 1 is 1.21 bits per heavy atom. The molecule has 1 amide bonds. The van der Waals surface area contributed by atoms with Crippen LogP contribution >= 0.6 is 8.18 Å². The molecule has 0 N–H and O–H groups in total. The Balaban J connectivity index is 1.63. The van der Waals surface area contributed by atoms with Crippen LogP contribution < -0.4 is 0 Å². The quantitative estimate of drug-likeness (QED) is 0.230. The summed E-state index contributed by atoms with van der Waals surface area (Å²) in [6, 6.07) is 13.1. The first-order chi connectivity index (χ1) is 18.6. The predicted octanol–water partition coefficient (Wildman–Crippen LogP) is 4.14. The zero-order valence-electron chi connectivity index (χ0n) is 21.6. The maximum absolute atomic E-state index is 13.6. The van der Waals surface area contributed by atoms with E-state index in [0.29, 0.717) is 13.0 Å². The molecule has 2 aliphatic heterocycles. The number of ether oxygens (including phenoxy) is 2. The molecular weight excluding hydrogens is 549 g/mol. The molecule has 0 radical (unpaired) electrons. The molecule has 0 spiro atoms. The highest BCUT2D eigenvalue weighted by molar-refractivity contribution is 7.89. The van der Waals surface area contributed by atoms with Gasteiger partial charge in [-0.1, -0.05) is 48.8 Å². The summed E-state index contributed by atoms with van der Waals surface area (Å²) >= 11 is 0. The summed E-state index contributed by atoms with van der Waals surface area (Å²) in [5.74, 6) is -0.0796. The monoisotopic (exact) mass is 580 g/mol. The number of rotatable bonds is 10. The third-order valence-electron chi connectivity index (χ3n) is 6.41. The van der Waals surface area contributed by atoms with Gasteiger partial charge in [-0.2, -0.15) is 4.31 Å². The lowest BCUT2D eigenvalue weighted by atomic mass is 10.0. The van der Waals surface area contributed by atoms with Crippen molar-refractivity contribution in [1.29, 1.82) is 0 Å². The van der Waals surface area contributed by atoms with Crippen molar-refractivity contribution in [2.24, 2.45) is 5.92 Å². The SMILES string of the molecule is CC(C)CN(C[C@H]1O[P+](=O)N(C(=O)O[C@H]2CCOC2)[C@H]1Cc1ccccc1)S(=O)(=O)c1ccc([N+](=O)[O-])cc1. The highest BCUT2D eigenvalue weighted by atomic mass is 32.2. The number of hydrogen-bond acceptors (Lipinski definition) is 9. The van der Waals surface area contributed by atoms with Crippen LogP contribution in [-0.2, 0) is 35.0 Å². The molecule has 0 bridgehead atoms. The number of nitro benzene ring substituents is 1. The molecule has 4 atom stereocenters. The normalized spacial score (nSPS) is 22.5. The standard InChI is InChI=1S/C25H31N3O9PS/c1-18(2)15-26(39(33,34)22-10-8-20(9-11-22)28(30)31)16-24-23(14-19-6-4-3-5-7-19)27(38(32)37-24)25(29)36-21-12-13-35-17-21/h3-11,18,21,23-24H,12-17H2,1-2H3/q+1/t21-,23-,24+/m0/s1. The Kier molecular flexibility index (Phi) is 9.29. The van der Waals surface area contributed by atoms with Gasteiger partial charge in [-0.3, -0.25) is 10.1 Å². The lowest BCUT2D eigenvalue weighted by molar-refractivity contribution is -0.384. The molecule has 39 heavy (non-hydrogen) atoms. The van der Waals surface area contributed by atoms with E-state index in [1.807, 2.05) is 44.2 Å². The van der Waals surface area contributed by atoms with Gasteiger partial charge in [0.25, 0.3) is 5.69 Å². The molecule has 210 valence electrons. The number of nitrogens with zero attached hydrogens (tertiary/aromatic N) is 3. The van der Waals surface area contributed by atoms with E-state index in [0.717, 1.165) is 22.4 Å². The molecule has 2 aromatic carbocycles. The fraction of sp³-hybridized carbons (Fsp3) is 0.480. The summed E-state index contributed by atoms with van der Waals surface area (Å²) in [6.45, 7) is 4.33. The second-order valence-corrected chi connectivity index (χ2v) is 12.9. The molecule has 2 saturated heterocycles. The zero-order valence-corrected chi connectivity index (χ0v) is 23.3. The minimum atomic E-state index is -4.11. The smallest absolute Gasteiger partial charge is 0.441 e. The van der Waals surface area contributed by atoms with E-state index in [2.05, 4.69) is 0 Å². The van der Waals surface area contributed by atoms with Crippen molar-refractivity contribution in [1.82, 2.24) is 8.98 Å². The predicted molar refractivity (Wildman–Crippen MR) is 141 cm³/mol. The second-order valence-electron chi connectivity index (χ2n) is 9.82. The van der Waals surface area contributed by atoms with Gasteiger partial charge in [0.1, 0.15) is 12.1 Å². The molecule has 2 aliphatic rings. The molecule has 2 aromatic rings. The molecular formula is C25H31N3O9PS+. The maximum Gasteiger partial charge on any atom is 0.652 e. The van der Waals surface area contributed by atoms with Gasteiger partial charge in [0.15, 0.2) is 6.10 Å². The van der Waals surface area contributed by atoms with E-state index in [1.165, 1.54) is 16.4 Å². The van der Waals surface area contributed by atoms with Gasteiger partial charge >= 0.3 is 14.3 Å². The zero-order chi connectivity index (χ0) is 28.2. The third-order valence-corrected chi connectivity index (χ3v) is 9.52. The van der Waals surface area contributed by atoms with Gasteiger partial charge in [0, 0.05) is 38.1 Å². The summed E-state index contributed by atoms with van der Waals surface area (Å²) < 4.78 is 59.2. The van der Waals surface area contributed by atoms with E-state index >= 15 is 0 Å². The van der Waals surface area contributed by atoms with Crippen molar-refractivity contribution < 1.29 is 36.7 Å². The number of carbonyl (C=O) groups is 1. The number of carbonyl (C=O) groups excluding carboxylic acids is 1. The Hall–Kier alpha value is -2.96. The maximum atomic E-state index is 13.6. The Morgan fingerprint density at radius 3 is 2.49 bits per heavy atom. The highest BCUT2D eigenvalue weighted by Gasteiger charge is 2.58. The minimum Gasteiger partial charge on any atom is -0.441 e. The van der Waals surface area contributed by atoms with Crippen molar-refractivity contribution in [2.45, 2.75) is 49.8 Å². The van der Waals surface area contributed by atoms with Crippen LogP contribution in [0.25, 0.3) is 0 Å². The van der Waals surface area contributed by atoms with Crippen LogP contribution in [0.3, 0.4) is 0 Å². The summed E-state index contributed by atoms with van der Waals surface area (Å²) in [5.41, 5.74) is 0.613. The molecule has 0 aliphatic carbocycles. The summed E-state index contributed by atoms with van der Waals surface area (Å²) in [6.07, 6.45) is -1.40. The van der Waals surface area contributed by atoms with E-state index in [-0.39, 0.29) is 42.6 Å². The highest BCUT2D eigenvalue weighted by Crippen LogP contribution is 2.44. The number of hydrogen-bond donors (Lipinski definition) is 0. The van der Waals surface area contributed by atoms with E-state index in [4.69, 9.17) is 14.0 Å². The van der Waals surface area contributed by atoms with Crippen LogP contribution in [0.2, 0.25) is 0 Å². The van der Waals surface area contributed by atoms with Gasteiger partial charge in [-0.05, 0) is 28.2 Å². The van der Waals surface area contributed by atoms with E-state index in [9.17, 15) is 27.9 Å². The summed E-state index contributed by atoms with van der Waals surface area (Å²) in [7, 11) is -6.76. The van der Waals surface area contributed by atoms with Crippen LogP contribution in [0.15, 0.2) is 59.5 Å². The Morgan fingerprint density at radius 2 is 1.90 bits per heavy atom. The van der Waals surface area contributed by atoms with Crippen LogP contribution in [0.4, 0.5) is 10.5 Å². The number of benzene rings is 2. The van der Waals surface area contributed by atoms with Crippen LogP contribution in [0.1, 0.15) is 25.8 Å². The molecule has 4 rings (SSSR count). The number of sulfonamides is 1. The number of non-ortho nitro benzene ring substituents is 1. The van der Waals surface area contributed by atoms with Crippen molar-refractivity contribution in [3.63, 3.8) is 0 Å². The largest absolute Gasteiger partial charge is 0.652 e. The van der Waals surface area contributed by atoms with Gasteiger partial charge < -0.3 is 9.47 Å². The average Bonchev–Trinajstić information content (AvgIpc) is 3.51. The van der Waals surface area contributed by atoms with Crippen molar-refractivity contribution in [2.75, 3.05) is 26.3 Å². The fourth-order valence-electron chi connectivity index (χ4n) is 4.52. The Bertz CT molecular complexity index is 1290. The second kappa shape index (κ2) is 12.5. The lowest BCUT2D eigenvalue weighted by Gasteiger charge is -2.27. The first-order valence-electron chi connectivity index (χ1n) is 12.6. The van der Waals surface area contributed by atoms with Crippen LogP contribution in [0, 0.1) is 16.0 Å². The van der Waals surface area contributed by atoms with Gasteiger partial charge in [-0.25, -0.2) is 13.2 Å². The van der Waals surface area contributed by atoms with Crippen LogP contribution in [-0.4, -0.2) is 73.0 Å². The molecule has 2 fully saturated rings. The first kappa shape index (κ1) is 29.0. The molecule has 0 aromatic heterocycles. The molecule has 14 heteroatoms. The molecule has 1 unspecified atom stereocenters. The van der Waals surface area contributed by atoms with E-state index in [1.54, 1.807) is 0 Å². The fourth-order valence-corrected chi connectivity index (χ4v) is 7.33. The first-order valence-corrected chi connectivity index (χ1v) is 15.1. The average molecular weight is 581 g/mol. The summed E-state index contributed by atoms with van der Waals surface area (Å²) in [5, 5.41) is 11.0. The van der Waals surface area contributed by atoms with Gasteiger partial charge in [0.2, 0.25) is 10.0 Å².